The lowest BCUT2D eigenvalue weighted by Gasteiger charge is -2.37. The number of hydrogen-bond acceptors (Lipinski definition) is 3. The number of halogens is 4. The second-order valence-electron chi connectivity index (χ2n) is 4.71. The van der Waals surface area contributed by atoms with Crippen molar-refractivity contribution in [3.05, 3.63) is 28.2 Å². The van der Waals surface area contributed by atoms with Crippen LogP contribution in [0.1, 0.15) is 5.56 Å². The van der Waals surface area contributed by atoms with Crippen LogP contribution in [0.4, 0.5) is 18.9 Å². The van der Waals surface area contributed by atoms with Crippen LogP contribution in [0.5, 0.6) is 0 Å². The summed E-state index contributed by atoms with van der Waals surface area (Å²) in [6.07, 6.45) is -4.35. The summed E-state index contributed by atoms with van der Waals surface area (Å²) in [4.78, 5) is 3.79. The lowest BCUT2D eigenvalue weighted by atomic mass is 10.1. The standard InChI is InChI=1S/C13H16BrF3N2O/c14-10-1-2-11(13(15,16)17)12(9-10)19-5-3-18(4-6-19)7-8-20/h1-2,9,20H,3-8H2. The molecule has 0 spiro atoms. The predicted molar refractivity (Wildman–Crippen MR) is 74.9 cm³/mol. The van der Waals surface area contributed by atoms with Crippen LogP contribution in [0.2, 0.25) is 0 Å². The van der Waals surface area contributed by atoms with Crippen molar-refractivity contribution in [3.63, 3.8) is 0 Å². The fraction of sp³-hybridized carbons (Fsp3) is 0.538. The summed E-state index contributed by atoms with van der Waals surface area (Å²) in [5.41, 5.74) is -0.383. The monoisotopic (exact) mass is 352 g/mol. The van der Waals surface area contributed by atoms with E-state index >= 15 is 0 Å². The van der Waals surface area contributed by atoms with Crippen LogP contribution < -0.4 is 4.90 Å². The molecule has 3 nitrogen and oxygen atoms in total. The average Bonchev–Trinajstić information content (AvgIpc) is 2.38. The Morgan fingerprint density at radius 3 is 2.35 bits per heavy atom. The molecule has 0 bridgehead atoms. The maximum atomic E-state index is 13.0. The van der Waals surface area contributed by atoms with E-state index in [1.807, 2.05) is 4.90 Å². The Labute approximate surface area is 124 Å². The molecule has 1 heterocycles. The number of nitrogens with zero attached hydrogens (tertiary/aromatic N) is 2. The number of alkyl halides is 3. The number of benzene rings is 1. The molecule has 0 radical (unpaired) electrons. The smallest absolute Gasteiger partial charge is 0.395 e. The first kappa shape index (κ1) is 15.6. The molecule has 1 aliphatic rings. The van der Waals surface area contributed by atoms with Gasteiger partial charge in [0.25, 0.3) is 0 Å². The van der Waals surface area contributed by atoms with Gasteiger partial charge in [0.05, 0.1) is 17.9 Å². The number of β-amino-alcohol motifs (C(OH)–C–C–N with tert-alkyl or cyclic N) is 1. The van der Waals surface area contributed by atoms with Gasteiger partial charge in [-0.05, 0) is 18.2 Å². The maximum absolute atomic E-state index is 13.0. The van der Waals surface area contributed by atoms with Crippen molar-refractivity contribution < 1.29 is 18.3 Å². The van der Waals surface area contributed by atoms with Crippen molar-refractivity contribution in [2.75, 3.05) is 44.2 Å². The topological polar surface area (TPSA) is 26.7 Å². The molecule has 1 saturated heterocycles. The average molecular weight is 353 g/mol. The van der Waals surface area contributed by atoms with Crippen LogP contribution in [0.3, 0.4) is 0 Å². The van der Waals surface area contributed by atoms with Crippen molar-refractivity contribution in [2.45, 2.75) is 6.18 Å². The lowest BCUT2D eigenvalue weighted by Crippen LogP contribution is -2.47. The molecule has 112 valence electrons. The normalized spacial score (nSPS) is 17.6. The molecule has 1 N–H and O–H groups in total. The van der Waals surface area contributed by atoms with E-state index in [1.165, 1.54) is 12.1 Å². The molecular weight excluding hydrogens is 337 g/mol. The van der Waals surface area contributed by atoms with Gasteiger partial charge in [0.2, 0.25) is 0 Å². The highest BCUT2D eigenvalue weighted by Crippen LogP contribution is 2.38. The Morgan fingerprint density at radius 2 is 1.80 bits per heavy atom. The number of aliphatic hydroxyl groups is 1. The Bertz CT molecular complexity index is 459. The Morgan fingerprint density at radius 1 is 1.15 bits per heavy atom. The third-order valence-electron chi connectivity index (χ3n) is 3.39. The number of aliphatic hydroxyl groups excluding tert-OH is 1. The van der Waals surface area contributed by atoms with Crippen molar-refractivity contribution in [2.24, 2.45) is 0 Å². The van der Waals surface area contributed by atoms with Gasteiger partial charge in [-0.2, -0.15) is 13.2 Å². The number of hydrogen-bond donors (Lipinski definition) is 1. The third-order valence-corrected chi connectivity index (χ3v) is 3.89. The molecule has 0 unspecified atom stereocenters. The fourth-order valence-corrected chi connectivity index (χ4v) is 2.71. The van der Waals surface area contributed by atoms with Gasteiger partial charge in [0, 0.05) is 37.2 Å². The van der Waals surface area contributed by atoms with Gasteiger partial charge in [-0.3, -0.25) is 4.90 Å². The van der Waals surface area contributed by atoms with Crippen molar-refractivity contribution in [1.82, 2.24) is 4.90 Å². The molecule has 1 aromatic rings. The van der Waals surface area contributed by atoms with Gasteiger partial charge in [-0.1, -0.05) is 15.9 Å². The SMILES string of the molecule is OCCN1CCN(c2cc(Br)ccc2C(F)(F)F)CC1. The van der Waals surface area contributed by atoms with Gasteiger partial charge >= 0.3 is 6.18 Å². The minimum absolute atomic E-state index is 0.0741. The largest absolute Gasteiger partial charge is 0.418 e. The summed E-state index contributed by atoms with van der Waals surface area (Å²) in [5.74, 6) is 0. The van der Waals surface area contributed by atoms with E-state index < -0.39 is 11.7 Å². The molecule has 0 atom stereocenters. The zero-order valence-electron chi connectivity index (χ0n) is 10.8. The molecule has 1 fully saturated rings. The van der Waals surface area contributed by atoms with Crippen molar-refractivity contribution in [3.8, 4) is 0 Å². The maximum Gasteiger partial charge on any atom is 0.418 e. The first-order valence-electron chi connectivity index (χ1n) is 6.36. The summed E-state index contributed by atoms with van der Waals surface area (Å²) in [6, 6.07) is 4.04. The molecule has 0 aliphatic carbocycles. The zero-order valence-corrected chi connectivity index (χ0v) is 12.4. The Kier molecular flexibility index (Phi) is 4.93. The van der Waals surface area contributed by atoms with E-state index in [2.05, 4.69) is 15.9 Å². The van der Waals surface area contributed by atoms with E-state index in [0.29, 0.717) is 37.2 Å². The van der Waals surface area contributed by atoms with Gasteiger partial charge < -0.3 is 10.0 Å². The second kappa shape index (κ2) is 6.32. The second-order valence-corrected chi connectivity index (χ2v) is 5.63. The molecular formula is C13H16BrF3N2O. The molecule has 1 aliphatic heterocycles. The van der Waals surface area contributed by atoms with Crippen LogP contribution >= 0.6 is 15.9 Å². The summed E-state index contributed by atoms with van der Waals surface area (Å²) in [5, 5.41) is 8.88. The van der Waals surface area contributed by atoms with Crippen molar-refractivity contribution in [1.29, 1.82) is 0 Å². The summed E-state index contributed by atoms with van der Waals surface area (Å²) in [7, 11) is 0. The van der Waals surface area contributed by atoms with Crippen LogP contribution in [-0.2, 0) is 6.18 Å². The zero-order chi connectivity index (χ0) is 14.8. The molecule has 0 saturated carbocycles. The fourth-order valence-electron chi connectivity index (χ4n) is 2.36. The molecule has 20 heavy (non-hydrogen) atoms. The van der Waals surface area contributed by atoms with E-state index in [4.69, 9.17) is 5.11 Å². The molecule has 2 rings (SSSR count). The van der Waals surface area contributed by atoms with E-state index in [0.717, 1.165) is 6.07 Å². The molecule has 0 amide bonds. The molecule has 1 aromatic carbocycles. The Hall–Kier alpha value is -0.790. The van der Waals surface area contributed by atoms with E-state index in [-0.39, 0.29) is 12.3 Å². The minimum Gasteiger partial charge on any atom is -0.395 e. The minimum atomic E-state index is -4.35. The lowest BCUT2D eigenvalue weighted by molar-refractivity contribution is -0.137. The first-order chi connectivity index (χ1) is 9.41. The number of piperazine rings is 1. The first-order valence-corrected chi connectivity index (χ1v) is 7.16. The summed E-state index contributed by atoms with van der Waals surface area (Å²) in [6.45, 7) is 3.01. The third kappa shape index (κ3) is 3.65. The summed E-state index contributed by atoms with van der Waals surface area (Å²) < 4.78 is 39.8. The van der Waals surface area contributed by atoms with Crippen molar-refractivity contribution >= 4 is 21.6 Å². The molecule has 0 aromatic heterocycles. The Balaban J connectivity index is 2.19. The van der Waals surface area contributed by atoms with Crippen LogP contribution in [0.15, 0.2) is 22.7 Å². The number of rotatable bonds is 3. The van der Waals surface area contributed by atoms with Crippen LogP contribution in [0, 0.1) is 0 Å². The molecule has 7 heteroatoms. The van der Waals surface area contributed by atoms with E-state index in [1.54, 1.807) is 4.90 Å². The van der Waals surface area contributed by atoms with Gasteiger partial charge in [-0.25, -0.2) is 0 Å². The number of anilines is 1. The van der Waals surface area contributed by atoms with Gasteiger partial charge in [-0.15, -0.1) is 0 Å². The van der Waals surface area contributed by atoms with Crippen LogP contribution in [0.25, 0.3) is 0 Å². The quantitative estimate of drug-likeness (QED) is 0.905. The highest BCUT2D eigenvalue weighted by atomic mass is 79.9. The summed E-state index contributed by atoms with van der Waals surface area (Å²) >= 11 is 3.23. The van der Waals surface area contributed by atoms with Crippen LogP contribution in [-0.4, -0.2) is 49.3 Å². The van der Waals surface area contributed by atoms with Gasteiger partial charge in [0.15, 0.2) is 0 Å². The predicted octanol–water partition coefficient (Wildman–Crippen LogP) is 2.58. The highest BCUT2D eigenvalue weighted by molar-refractivity contribution is 9.10. The van der Waals surface area contributed by atoms with Gasteiger partial charge in [0.1, 0.15) is 0 Å². The van der Waals surface area contributed by atoms with E-state index in [9.17, 15) is 13.2 Å². The highest BCUT2D eigenvalue weighted by Gasteiger charge is 2.35.